The molecule has 8 aromatic rings. The van der Waals surface area contributed by atoms with Gasteiger partial charge in [0, 0.05) is 41.2 Å². The van der Waals surface area contributed by atoms with E-state index in [4.69, 9.17) is 27.8 Å². The van der Waals surface area contributed by atoms with Crippen LogP contribution in [0.2, 0.25) is 5.15 Å². The molecule has 0 unspecified atom stereocenters. The Hall–Kier alpha value is -8.63. The topological polar surface area (TPSA) is 215 Å². The second kappa shape index (κ2) is 21.6. The number of ether oxygens (including phenoxy) is 1. The molecule has 2 aromatic heterocycles. The summed E-state index contributed by atoms with van der Waals surface area (Å²) in [6, 6.07) is 42.2. The minimum atomic E-state index is -0.327. The molecule has 0 atom stereocenters. The van der Waals surface area contributed by atoms with E-state index in [1.54, 1.807) is 109 Å². The number of benzene rings is 6. The largest absolute Gasteiger partial charge is 0.508 e. The van der Waals surface area contributed by atoms with E-state index in [0.717, 1.165) is 0 Å². The molecule has 9 N–H and O–H groups in total. The Bertz CT molecular complexity index is 2750. The second-order valence-corrected chi connectivity index (χ2v) is 13.3. The zero-order chi connectivity index (χ0) is 44.6. The molecule has 0 aliphatic rings. The van der Waals surface area contributed by atoms with Gasteiger partial charge in [0.25, 0.3) is 11.8 Å². The molecule has 0 aliphatic heterocycles. The van der Waals surface area contributed by atoms with E-state index in [9.17, 15) is 23.5 Å². The first kappa shape index (κ1) is 43.9. The van der Waals surface area contributed by atoms with Crippen molar-refractivity contribution in [1.82, 2.24) is 19.9 Å². The number of para-hydroxylation sites is 2. The number of carbonyl (C=O) groups excluding carboxylic acids is 2. The van der Waals surface area contributed by atoms with Crippen LogP contribution in [0.3, 0.4) is 0 Å². The number of halogens is 3. The number of phenolic OH excluding ortho intramolecular Hbond substituents is 1. The lowest BCUT2D eigenvalue weighted by Crippen LogP contribution is -2.13. The summed E-state index contributed by atoms with van der Waals surface area (Å²) in [7, 11) is 0. The minimum absolute atomic E-state index is 0.120. The molecule has 17 heteroatoms. The Morgan fingerprint density at radius 2 is 0.968 bits per heavy atom. The molecule has 316 valence electrons. The molecule has 8 rings (SSSR count). The fraction of sp³-hybridized carbons (Fsp3) is 0. The van der Waals surface area contributed by atoms with Gasteiger partial charge in [0.1, 0.15) is 28.3 Å². The molecule has 0 saturated heterocycles. The van der Waals surface area contributed by atoms with Crippen molar-refractivity contribution in [3.63, 3.8) is 0 Å². The second-order valence-electron chi connectivity index (χ2n) is 12.9. The van der Waals surface area contributed by atoms with E-state index in [0.29, 0.717) is 62.0 Å². The number of aromatic nitrogens is 4. The average molecular weight is 867 g/mol. The molecule has 14 nitrogen and oxygen atoms in total. The number of nitrogens with zero attached hydrogens (tertiary/aromatic N) is 4. The molecule has 2 amide bonds. The highest BCUT2D eigenvalue weighted by Gasteiger charge is 2.13. The van der Waals surface area contributed by atoms with Gasteiger partial charge in [0.15, 0.2) is 0 Å². The van der Waals surface area contributed by atoms with Gasteiger partial charge in [-0.1, -0.05) is 35.9 Å². The maximum absolute atomic E-state index is 13.1. The molecule has 0 saturated carbocycles. The number of hydrogen-bond acceptors (Lipinski definition) is 12. The predicted octanol–water partition coefficient (Wildman–Crippen LogP) is 10.2. The Kier molecular flexibility index (Phi) is 15.0. The standard InChI is InChI=1S/C23H18FN5O2.C19H15FN2O2.C4H4ClN3/c24-15-5-7-16(8-6-15)27-20-4-2-1-3-19(20)22(30)28-17-9-11-18(12-10-17)31-21-13-14-26-23(25)29-21;20-13-5-7-14(8-6-13)21-18-4-2-1-3-17(18)19(24)22-15-9-11-16(23)12-10-15;5-3-1-2-7-4(6)8-3/h1-14,27H,(H,28,30)(H2,25,26,29);1-12,21,23H,(H,22,24);1-2H,(H2,6,7,8). The maximum Gasteiger partial charge on any atom is 0.257 e. The van der Waals surface area contributed by atoms with Crippen LogP contribution < -0.4 is 37.5 Å². The molecule has 0 radical (unpaired) electrons. The summed E-state index contributed by atoms with van der Waals surface area (Å²) in [6.07, 6.45) is 3.01. The van der Waals surface area contributed by atoms with Crippen molar-refractivity contribution in [2.24, 2.45) is 0 Å². The molecule has 0 fully saturated rings. The lowest BCUT2D eigenvalue weighted by Gasteiger charge is -2.13. The van der Waals surface area contributed by atoms with Crippen molar-refractivity contribution in [2.75, 3.05) is 32.7 Å². The summed E-state index contributed by atoms with van der Waals surface area (Å²) in [4.78, 5) is 40.3. The van der Waals surface area contributed by atoms with Gasteiger partial charge in [-0.05, 0) is 127 Å². The number of nitrogens with two attached hydrogens (primary N) is 2. The normalized spacial score (nSPS) is 10.1. The molecule has 0 bridgehead atoms. The molecular weight excluding hydrogens is 830 g/mol. The Balaban J connectivity index is 0.000000182. The van der Waals surface area contributed by atoms with E-state index in [-0.39, 0.29) is 41.1 Å². The molecule has 0 aliphatic carbocycles. The molecular formula is C46H37ClF2N10O4. The molecule has 63 heavy (non-hydrogen) atoms. The predicted molar refractivity (Wildman–Crippen MR) is 241 cm³/mol. The van der Waals surface area contributed by atoms with Crippen LogP contribution in [-0.4, -0.2) is 36.9 Å². The number of phenols is 1. The first-order valence-electron chi connectivity index (χ1n) is 18.7. The molecule has 2 heterocycles. The monoisotopic (exact) mass is 866 g/mol. The first-order chi connectivity index (χ1) is 30.5. The van der Waals surface area contributed by atoms with E-state index in [1.807, 2.05) is 12.1 Å². The zero-order valence-corrected chi connectivity index (χ0v) is 33.7. The van der Waals surface area contributed by atoms with Gasteiger partial charge in [-0.25, -0.2) is 23.7 Å². The third-order valence-corrected chi connectivity index (χ3v) is 8.55. The third kappa shape index (κ3) is 13.7. The summed E-state index contributed by atoms with van der Waals surface area (Å²) in [5.41, 5.74) is 15.3. The summed E-state index contributed by atoms with van der Waals surface area (Å²) < 4.78 is 31.7. The fourth-order valence-corrected chi connectivity index (χ4v) is 5.53. The Morgan fingerprint density at radius 1 is 0.540 bits per heavy atom. The highest BCUT2D eigenvalue weighted by atomic mass is 35.5. The van der Waals surface area contributed by atoms with Crippen molar-refractivity contribution < 1.29 is 28.2 Å². The van der Waals surface area contributed by atoms with Crippen LogP contribution in [0.15, 0.2) is 170 Å². The van der Waals surface area contributed by atoms with Gasteiger partial charge in [-0.15, -0.1) is 0 Å². The van der Waals surface area contributed by atoms with Crippen molar-refractivity contribution >= 4 is 69.4 Å². The van der Waals surface area contributed by atoms with Gasteiger partial charge >= 0.3 is 0 Å². The number of carbonyl (C=O) groups is 2. The van der Waals surface area contributed by atoms with Crippen LogP contribution >= 0.6 is 11.6 Å². The average Bonchev–Trinajstić information content (AvgIpc) is 3.27. The van der Waals surface area contributed by atoms with Crippen LogP contribution in [0.25, 0.3) is 0 Å². The summed E-state index contributed by atoms with van der Waals surface area (Å²) >= 11 is 5.41. The van der Waals surface area contributed by atoms with E-state index in [2.05, 4.69) is 41.2 Å². The van der Waals surface area contributed by atoms with E-state index in [1.165, 1.54) is 48.8 Å². The van der Waals surface area contributed by atoms with Crippen LogP contribution in [0.4, 0.5) is 54.8 Å². The van der Waals surface area contributed by atoms with Crippen LogP contribution in [0.1, 0.15) is 20.7 Å². The summed E-state index contributed by atoms with van der Waals surface area (Å²) in [5.74, 6) is 0.0946. The van der Waals surface area contributed by atoms with Crippen molar-refractivity contribution in [2.45, 2.75) is 0 Å². The quantitative estimate of drug-likeness (QED) is 0.0505. The number of rotatable bonds is 10. The third-order valence-electron chi connectivity index (χ3n) is 8.34. The van der Waals surface area contributed by atoms with E-state index < -0.39 is 0 Å². The number of hydrogen-bond donors (Lipinski definition) is 7. The first-order valence-corrected chi connectivity index (χ1v) is 19.1. The number of nitrogen functional groups attached to an aromatic ring is 2. The molecule has 0 spiro atoms. The van der Waals surface area contributed by atoms with Crippen molar-refractivity contribution in [3.05, 3.63) is 198 Å². The highest BCUT2D eigenvalue weighted by Crippen LogP contribution is 2.26. The zero-order valence-electron chi connectivity index (χ0n) is 32.9. The SMILES string of the molecule is Nc1nccc(Cl)n1.Nc1nccc(Oc2ccc(NC(=O)c3ccccc3Nc3ccc(F)cc3)cc2)n1.O=C(Nc1ccc(O)cc1)c1ccccc1Nc1ccc(F)cc1. The fourth-order valence-electron chi connectivity index (χ4n) is 5.39. The number of amides is 2. The van der Waals surface area contributed by atoms with Crippen molar-refractivity contribution in [3.8, 4) is 17.4 Å². The number of aromatic hydroxyl groups is 1. The number of anilines is 8. The Morgan fingerprint density at radius 3 is 1.41 bits per heavy atom. The lowest BCUT2D eigenvalue weighted by atomic mass is 10.1. The van der Waals surface area contributed by atoms with Gasteiger partial charge in [0.05, 0.1) is 22.5 Å². The van der Waals surface area contributed by atoms with Crippen LogP contribution in [-0.2, 0) is 0 Å². The van der Waals surface area contributed by atoms with Gasteiger partial charge < -0.3 is 42.6 Å². The van der Waals surface area contributed by atoms with Gasteiger partial charge in [-0.2, -0.15) is 4.98 Å². The number of nitrogens with one attached hydrogen (secondary N) is 4. The van der Waals surface area contributed by atoms with Gasteiger partial charge in [0.2, 0.25) is 17.8 Å². The van der Waals surface area contributed by atoms with Gasteiger partial charge in [-0.3, -0.25) is 9.59 Å². The maximum atomic E-state index is 13.1. The lowest BCUT2D eigenvalue weighted by molar-refractivity contribution is 0.101. The van der Waals surface area contributed by atoms with Crippen LogP contribution in [0, 0.1) is 11.6 Å². The molecule has 6 aromatic carbocycles. The Labute approximate surface area is 364 Å². The minimum Gasteiger partial charge on any atom is -0.508 e. The highest BCUT2D eigenvalue weighted by molar-refractivity contribution is 6.29. The van der Waals surface area contributed by atoms with E-state index >= 15 is 0 Å². The summed E-state index contributed by atoms with van der Waals surface area (Å²) in [5, 5.41) is 21.5. The van der Waals surface area contributed by atoms with Crippen LogP contribution in [0.5, 0.6) is 17.4 Å². The van der Waals surface area contributed by atoms with Crippen molar-refractivity contribution in [1.29, 1.82) is 0 Å². The summed E-state index contributed by atoms with van der Waals surface area (Å²) in [6.45, 7) is 0. The smallest absolute Gasteiger partial charge is 0.257 e.